The van der Waals surface area contributed by atoms with Crippen molar-refractivity contribution in [3.8, 4) is 11.5 Å². The first-order valence-corrected chi connectivity index (χ1v) is 8.41. The molecule has 0 unspecified atom stereocenters. The number of fused-ring (bicyclic) bond motifs is 1. The third-order valence-corrected chi connectivity index (χ3v) is 4.73. The second-order valence-corrected chi connectivity index (χ2v) is 6.57. The quantitative estimate of drug-likeness (QED) is 0.825. The van der Waals surface area contributed by atoms with Crippen LogP contribution in [0.5, 0.6) is 11.5 Å². The van der Waals surface area contributed by atoms with Crippen LogP contribution in [0, 0.1) is 5.92 Å². The molecule has 0 amide bonds. The third kappa shape index (κ3) is 3.47. The number of halogens is 1. The van der Waals surface area contributed by atoms with Crippen molar-refractivity contribution in [3.05, 3.63) is 22.2 Å². The van der Waals surface area contributed by atoms with E-state index in [9.17, 15) is 0 Å². The summed E-state index contributed by atoms with van der Waals surface area (Å²) in [6.07, 6.45) is 6.54. The zero-order valence-electron chi connectivity index (χ0n) is 11.8. The van der Waals surface area contributed by atoms with Crippen molar-refractivity contribution in [1.82, 2.24) is 5.32 Å². The first-order chi connectivity index (χ1) is 9.83. The molecule has 1 heterocycles. The minimum absolute atomic E-state index is 0.727. The molecule has 110 valence electrons. The highest BCUT2D eigenvalue weighted by molar-refractivity contribution is 9.10. The Morgan fingerprint density at radius 2 is 2.00 bits per heavy atom. The first kappa shape index (κ1) is 14.2. The molecule has 20 heavy (non-hydrogen) atoms. The van der Waals surface area contributed by atoms with Gasteiger partial charge in [-0.3, -0.25) is 0 Å². The number of hydrogen-bond acceptors (Lipinski definition) is 3. The Bertz CT molecular complexity index is 460. The first-order valence-electron chi connectivity index (χ1n) is 7.61. The van der Waals surface area contributed by atoms with E-state index < -0.39 is 0 Å². The summed E-state index contributed by atoms with van der Waals surface area (Å²) in [5.41, 5.74) is 1.25. The number of ether oxygens (including phenoxy) is 2. The van der Waals surface area contributed by atoms with Gasteiger partial charge in [-0.05, 0) is 52.5 Å². The molecular weight excluding hydrogens is 318 g/mol. The second kappa shape index (κ2) is 6.81. The van der Waals surface area contributed by atoms with E-state index >= 15 is 0 Å². The monoisotopic (exact) mass is 339 g/mol. The minimum atomic E-state index is 0.727. The molecule has 0 atom stereocenters. The van der Waals surface area contributed by atoms with Gasteiger partial charge in [-0.25, -0.2) is 0 Å². The Morgan fingerprint density at radius 1 is 1.15 bits per heavy atom. The average Bonchev–Trinajstić information content (AvgIpc) is 2.62. The van der Waals surface area contributed by atoms with Crippen molar-refractivity contribution in [2.24, 2.45) is 5.92 Å². The second-order valence-electron chi connectivity index (χ2n) is 5.72. The van der Waals surface area contributed by atoms with Crippen molar-refractivity contribution in [2.45, 2.75) is 38.6 Å². The van der Waals surface area contributed by atoms with Gasteiger partial charge in [0.2, 0.25) is 0 Å². The highest BCUT2D eigenvalue weighted by Crippen LogP contribution is 2.38. The van der Waals surface area contributed by atoms with E-state index in [2.05, 4.69) is 33.4 Å². The summed E-state index contributed by atoms with van der Waals surface area (Å²) in [6.45, 7) is 3.46. The van der Waals surface area contributed by atoms with E-state index in [0.29, 0.717) is 0 Å². The lowest BCUT2D eigenvalue weighted by Gasteiger charge is -2.25. The van der Waals surface area contributed by atoms with Crippen LogP contribution in [-0.4, -0.2) is 19.8 Å². The zero-order valence-corrected chi connectivity index (χ0v) is 13.4. The summed E-state index contributed by atoms with van der Waals surface area (Å²) in [5.74, 6) is 2.69. The maximum absolute atomic E-state index is 5.76. The van der Waals surface area contributed by atoms with Crippen LogP contribution < -0.4 is 14.8 Å². The lowest BCUT2D eigenvalue weighted by Crippen LogP contribution is -2.21. The number of benzene rings is 1. The predicted octanol–water partition coefficient (Wildman–Crippen LogP) is 3.89. The Kier molecular flexibility index (Phi) is 4.84. The van der Waals surface area contributed by atoms with E-state index in [1.807, 2.05) is 0 Å². The summed E-state index contributed by atoms with van der Waals surface area (Å²) in [4.78, 5) is 0. The molecule has 4 heteroatoms. The molecule has 1 aromatic rings. The lowest BCUT2D eigenvalue weighted by atomic mass is 9.83. The normalized spacial score (nSPS) is 18.4. The molecule has 1 saturated carbocycles. The van der Waals surface area contributed by atoms with Gasteiger partial charge in [0.1, 0.15) is 0 Å². The largest absolute Gasteiger partial charge is 0.490 e. The molecule has 1 N–H and O–H groups in total. The van der Waals surface area contributed by atoms with Gasteiger partial charge >= 0.3 is 0 Å². The van der Waals surface area contributed by atoms with Crippen LogP contribution >= 0.6 is 15.9 Å². The van der Waals surface area contributed by atoms with Gasteiger partial charge in [-0.15, -0.1) is 0 Å². The van der Waals surface area contributed by atoms with Crippen molar-refractivity contribution in [2.75, 3.05) is 19.8 Å². The van der Waals surface area contributed by atoms with Crippen LogP contribution in [0.25, 0.3) is 0 Å². The number of nitrogens with one attached hydrogen (secondary N) is 1. The summed E-state index contributed by atoms with van der Waals surface area (Å²) >= 11 is 3.59. The topological polar surface area (TPSA) is 30.5 Å². The van der Waals surface area contributed by atoms with Crippen LogP contribution in [0.1, 0.15) is 37.7 Å². The summed E-state index contributed by atoms with van der Waals surface area (Å²) < 4.78 is 12.5. The van der Waals surface area contributed by atoms with Gasteiger partial charge in [0, 0.05) is 13.0 Å². The van der Waals surface area contributed by atoms with E-state index in [4.69, 9.17) is 9.47 Å². The van der Waals surface area contributed by atoms with Gasteiger partial charge in [-0.2, -0.15) is 0 Å². The molecule has 1 aliphatic carbocycles. The van der Waals surface area contributed by atoms with Crippen LogP contribution in [0.4, 0.5) is 0 Å². The van der Waals surface area contributed by atoms with E-state index in [0.717, 1.165) is 54.6 Å². The van der Waals surface area contributed by atoms with E-state index in [1.54, 1.807) is 0 Å². The maximum Gasteiger partial charge on any atom is 0.175 e. The summed E-state index contributed by atoms with van der Waals surface area (Å²) in [7, 11) is 0. The standard InChI is InChI=1S/C16H22BrNO2/c17-14-9-13(11-18-6-5-12-3-1-4-12)10-15-16(14)20-8-2-7-19-15/h9-10,12,18H,1-8,11H2. The van der Waals surface area contributed by atoms with Crippen LogP contribution in [0.15, 0.2) is 16.6 Å². The van der Waals surface area contributed by atoms with Crippen molar-refractivity contribution in [3.63, 3.8) is 0 Å². The smallest absolute Gasteiger partial charge is 0.175 e. The fourth-order valence-electron chi connectivity index (χ4n) is 2.71. The Balaban J connectivity index is 1.56. The minimum Gasteiger partial charge on any atom is -0.490 e. The molecule has 0 spiro atoms. The number of rotatable bonds is 5. The molecule has 0 radical (unpaired) electrons. The van der Waals surface area contributed by atoms with E-state index in [-0.39, 0.29) is 0 Å². The van der Waals surface area contributed by atoms with Gasteiger partial charge in [-0.1, -0.05) is 19.3 Å². The highest BCUT2D eigenvalue weighted by atomic mass is 79.9. The van der Waals surface area contributed by atoms with Gasteiger partial charge in [0.25, 0.3) is 0 Å². The molecule has 1 aliphatic heterocycles. The molecule has 1 fully saturated rings. The molecular formula is C16H22BrNO2. The van der Waals surface area contributed by atoms with Crippen LogP contribution in [-0.2, 0) is 6.54 Å². The predicted molar refractivity (Wildman–Crippen MR) is 83.4 cm³/mol. The van der Waals surface area contributed by atoms with Gasteiger partial charge in [0.15, 0.2) is 11.5 Å². The Morgan fingerprint density at radius 3 is 2.80 bits per heavy atom. The molecule has 0 aromatic heterocycles. The maximum atomic E-state index is 5.76. The molecule has 0 bridgehead atoms. The third-order valence-electron chi connectivity index (χ3n) is 4.15. The lowest BCUT2D eigenvalue weighted by molar-refractivity contribution is 0.292. The van der Waals surface area contributed by atoms with Crippen molar-refractivity contribution >= 4 is 15.9 Å². The average molecular weight is 340 g/mol. The van der Waals surface area contributed by atoms with Crippen molar-refractivity contribution < 1.29 is 9.47 Å². The molecule has 3 nitrogen and oxygen atoms in total. The zero-order chi connectivity index (χ0) is 13.8. The molecule has 1 aromatic carbocycles. The van der Waals surface area contributed by atoms with Crippen LogP contribution in [0.2, 0.25) is 0 Å². The molecule has 2 aliphatic rings. The Hall–Kier alpha value is -0.740. The van der Waals surface area contributed by atoms with Gasteiger partial charge in [0.05, 0.1) is 17.7 Å². The fraction of sp³-hybridized carbons (Fsp3) is 0.625. The molecule has 3 rings (SSSR count). The Labute approximate surface area is 129 Å². The highest BCUT2D eigenvalue weighted by Gasteiger charge is 2.17. The fourth-order valence-corrected chi connectivity index (χ4v) is 3.31. The summed E-state index contributed by atoms with van der Waals surface area (Å²) in [5, 5.41) is 3.53. The summed E-state index contributed by atoms with van der Waals surface area (Å²) in [6, 6.07) is 4.23. The van der Waals surface area contributed by atoms with Gasteiger partial charge < -0.3 is 14.8 Å². The van der Waals surface area contributed by atoms with Crippen LogP contribution in [0.3, 0.4) is 0 Å². The number of hydrogen-bond donors (Lipinski definition) is 1. The molecule has 0 saturated heterocycles. The van der Waals surface area contributed by atoms with E-state index in [1.165, 1.54) is 31.2 Å². The van der Waals surface area contributed by atoms with Crippen molar-refractivity contribution in [1.29, 1.82) is 0 Å². The SMILES string of the molecule is Brc1cc(CNCCC2CCC2)cc2c1OCCCO2.